The summed E-state index contributed by atoms with van der Waals surface area (Å²) in [7, 11) is 3.16. The Balaban J connectivity index is 2.13. The van der Waals surface area contributed by atoms with Gasteiger partial charge in [0, 0.05) is 5.56 Å². The van der Waals surface area contributed by atoms with E-state index in [0.717, 1.165) is 5.56 Å². The molecule has 0 aliphatic rings. The Morgan fingerprint density at radius 2 is 2.00 bits per heavy atom. The van der Waals surface area contributed by atoms with Crippen LogP contribution < -0.4 is 14.9 Å². The zero-order valence-corrected chi connectivity index (χ0v) is 11.8. The minimum absolute atomic E-state index is 0.328. The van der Waals surface area contributed by atoms with Crippen molar-refractivity contribution in [1.29, 1.82) is 0 Å². The van der Waals surface area contributed by atoms with Crippen molar-refractivity contribution in [3.05, 3.63) is 41.0 Å². The van der Waals surface area contributed by atoms with Crippen LogP contribution in [0.25, 0.3) is 0 Å². The highest BCUT2D eigenvalue weighted by Crippen LogP contribution is 2.29. The molecule has 0 unspecified atom stereocenters. The van der Waals surface area contributed by atoms with E-state index in [1.807, 2.05) is 18.2 Å². The molecule has 0 atom stereocenters. The number of aromatic nitrogens is 2. The Labute approximate surface area is 121 Å². The summed E-state index contributed by atoms with van der Waals surface area (Å²) in [6, 6.07) is 8.83. The minimum atomic E-state index is 0.328. The fraction of sp³-hybridized carbons (Fsp3) is 0.154. The summed E-state index contributed by atoms with van der Waals surface area (Å²) in [5.41, 5.74) is 3.53. The summed E-state index contributed by atoms with van der Waals surface area (Å²) in [4.78, 5) is 0. The van der Waals surface area contributed by atoms with E-state index in [-0.39, 0.29) is 0 Å². The van der Waals surface area contributed by atoms with Crippen LogP contribution in [-0.4, -0.2) is 30.6 Å². The molecule has 1 aromatic heterocycles. The summed E-state index contributed by atoms with van der Waals surface area (Å²) in [6.45, 7) is 0. The van der Waals surface area contributed by atoms with Crippen molar-refractivity contribution in [1.82, 2.24) is 10.2 Å². The molecule has 1 heterocycles. The molecule has 0 bridgehead atoms. The van der Waals surface area contributed by atoms with Gasteiger partial charge in [-0.2, -0.15) is 5.10 Å². The number of ether oxygens (including phenoxy) is 2. The first kappa shape index (κ1) is 14.1. The highest BCUT2D eigenvalue weighted by atomic mass is 35.5. The fourth-order valence-corrected chi connectivity index (χ4v) is 1.66. The zero-order chi connectivity index (χ0) is 14.4. The van der Waals surface area contributed by atoms with E-state index >= 15 is 0 Å². The van der Waals surface area contributed by atoms with Crippen molar-refractivity contribution in [2.24, 2.45) is 5.10 Å². The summed E-state index contributed by atoms with van der Waals surface area (Å²) < 4.78 is 10.5. The first-order valence-electron chi connectivity index (χ1n) is 5.74. The van der Waals surface area contributed by atoms with Gasteiger partial charge in [-0.15, -0.1) is 10.2 Å². The summed E-state index contributed by atoms with van der Waals surface area (Å²) in [6.07, 6.45) is 1.61. The number of anilines is 1. The first-order chi connectivity index (χ1) is 9.74. The molecule has 7 heteroatoms. The lowest BCUT2D eigenvalue weighted by atomic mass is 10.2. The number of nitrogens with one attached hydrogen (secondary N) is 1. The number of rotatable bonds is 5. The maximum atomic E-state index is 5.64. The van der Waals surface area contributed by atoms with E-state index in [1.165, 1.54) is 0 Å². The third-order valence-electron chi connectivity index (χ3n) is 2.45. The Kier molecular flexibility index (Phi) is 4.73. The molecule has 0 fully saturated rings. The normalized spacial score (nSPS) is 10.6. The van der Waals surface area contributed by atoms with Gasteiger partial charge in [0.15, 0.2) is 22.5 Å². The molecule has 104 valence electrons. The van der Waals surface area contributed by atoms with E-state index in [0.29, 0.717) is 22.5 Å². The number of benzene rings is 1. The van der Waals surface area contributed by atoms with Crippen LogP contribution in [0, 0.1) is 0 Å². The lowest BCUT2D eigenvalue weighted by Gasteiger charge is -2.09. The van der Waals surface area contributed by atoms with Crippen molar-refractivity contribution in [3.63, 3.8) is 0 Å². The maximum absolute atomic E-state index is 5.64. The van der Waals surface area contributed by atoms with Gasteiger partial charge in [-0.3, -0.25) is 5.43 Å². The van der Waals surface area contributed by atoms with Crippen LogP contribution in [0.5, 0.6) is 11.5 Å². The molecule has 1 N–H and O–H groups in total. The van der Waals surface area contributed by atoms with Crippen LogP contribution in [0.15, 0.2) is 35.4 Å². The van der Waals surface area contributed by atoms with Gasteiger partial charge in [-0.05, 0) is 24.3 Å². The number of halogens is 1. The average molecular weight is 293 g/mol. The predicted octanol–water partition coefficient (Wildman–Crippen LogP) is 2.59. The van der Waals surface area contributed by atoms with Crippen LogP contribution in [-0.2, 0) is 0 Å². The Morgan fingerprint density at radius 1 is 1.15 bits per heavy atom. The molecule has 0 spiro atoms. The number of hydrazone groups is 1. The van der Waals surface area contributed by atoms with E-state index in [1.54, 1.807) is 32.6 Å². The van der Waals surface area contributed by atoms with Crippen molar-refractivity contribution >= 4 is 23.6 Å². The smallest absolute Gasteiger partial charge is 0.169 e. The fourth-order valence-electron chi connectivity index (χ4n) is 1.56. The second kappa shape index (κ2) is 6.72. The molecule has 1 aromatic carbocycles. The van der Waals surface area contributed by atoms with Gasteiger partial charge in [-0.1, -0.05) is 17.7 Å². The predicted molar refractivity (Wildman–Crippen MR) is 77.8 cm³/mol. The van der Waals surface area contributed by atoms with Gasteiger partial charge < -0.3 is 9.47 Å². The molecule has 0 saturated carbocycles. The Hall–Kier alpha value is -2.34. The molecule has 0 amide bonds. The molecule has 0 saturated heterocycles. The summed E-state index contributed by atoms with van der Waals surface area (Å²) in [5, 5.41) is 11.9. The number of nitrogens with zero attached hydrogens (tertiary/aromatic N) is 3. The Bertz CT molecular complexity index is 602. The monoisotopic (exact) mass is 292 g/mol. The molecule has 6 nitrogen and oxygen atoms in total. The second-order valence-electron chi connectivity index (χ2n) is 3.69. The van der Waals surface area contributed by atoms with Gasteiger partial charge in [0.1, 0.15) is 0 Å². The van der Waals surface area contributed by atoms with Crippen LogP contribution in [0.1, 0.15) is 5.56 Å². The van der Waals surface area contributed by atoms with Gasteiger partial charge in [0.05, 0.1) is 20.4 Å². The van der Waals surface area contributed by atoms with Crippen LogP contribution in [0.3, 0.4) is 0 Å². The van der Waals surface area contributed by atoms with E-state index in [4.69, 9.17) is 21.1 Å². The standard InChI is InChI=1S/C13H13ClN4O2/c1-19-10-5-3-4-9(13(10)20-2)8-15-17-12-7-6-11(14)16-18-12/h3-8H,1-2H3,(H,17,18). The van der Waals surface area contributed by atoms with Crippen molar-refractivity contribution in [2.45, 2.75) is 0 Å². The van der Waals surface area contributed by atoms with Crippen LogP contribution in [0.4, 0.5) is 5.82 Å². The van der Waals surface area contributed by atoms with Gasteiger partial charge in [-0.25, -0.2) is 0 Å². The molecule has 0 aliphatic heterocycles. The lowest BCUT2D eigenvalue weighted by molar-refractivity contribution is 0.354. The quantitative estimate of drug-likeness (QED) is 0.677. The van der Waals surface area contributed by atoms with E-state index in [9.17, 15) is 0 Å². The highest BCUT2D eigenvalue weighted by Gasteiger charge is 2.07. The minimum Gasteiger partial charge on any atom is -0.493 e. The van der Waals surface area contributed by atoms with E-state index in [2.05, 4.69) is 20.7 Å². The lowest BCUT2D eigenvalue weighted by Crippen LogP contribution is -1.98. The van der Waals surface area contributed by atoms with Crippen LogP contribution >= 0.6 is 11.6 Å². The number of hydrogen-bond acceptors (Lipinski definition) is 6. The zero-order valence-electron chi connectivity index (χ0n) is 11.0. The number of hydrogen-bond donors (Lipinski definition) is 1. The van der Waals surface area contributed by atoms with Gasteiger partial charge in [0.2, 0.25) is 0 Å². The summed E-state index contributed by atoms with van der Waals surface area (Å²) >= 11 is 5.64. The molecule has 2 aromatic rings. The van der Waals surface area contributed by atoms with Crippen molar-refractivity contribution in [3.8, 4) is 11.5 Å². The molecule has 0 radical (unpaired) electrons. The van der Waals surface area contributed by atoms with E-state index < -0.39 is 0 Å². The molecule has 2 rings (SSSR count). The average Bonchev–Trinajstić information content (AvgIpc) is 2.49. The van der Waals surface area contributed by atoms with Crippen molar-refractivity contribution in [2.75, 3.05) is 19.6 Å². The molecule has 0 aliphatic carbocycles. The van der Waals surface area contributed by atoms with Crippen LogP contribution in [0.2, 0.25) is 5.15 Å². The van der Waals surface area contributed by atoms with Gasteiger partial charge in [0.25, 0.3) is 0 Å². The van der Waals surface area contributed by atoms with Crippen molar-refractivity contribution < 1.29 is 9.47 Å². The molecule has 20 heavy (non-hydrogen) atoms. The second-order valence-corrected chi connectivity index (χ2v) is 4.08. The highest BCUT2D eigenvalue weighted by molar-refractivity contribution is 6.29. The summed E-state index contributed by atoms with van der Waals surface area (Å²) in [5.74, 6) is 1.75. The molecular weight excluding hydrogens is 280 g/mol. The third-order valence-corrected chi connectivity index (χ3v) is 2.65. The first-order valence-corrected chi connectivity index (χ1v) is 6.11. The number of methoxy groups -OCH3 is 2. The molecular formula is C13H13ClN4O2. The topological polar surface area (TPSA) is 68.6 Å². The Morgan fingerprint density at radius 3 is 2.65 bits per heavy atom. The largest absolute Gasteiger partial charge is 0.493 e. The number of para-hydroxylation sites is 1. The SMILES string of the molecule is COc1cccc(C=NNc2ccc(Cl)nn2)c1OC. The third kappa shape index (κ3) is 3.36. The maximum Gasteiger partial charge on any atom is 0.169 e. The van der Waals surface area contributed by atoms with Gasteiger partial charge >= 0.3 is 0 Å².